The molecular formula is C26H46O3. The molecule has 0 spiro atoms. The van der Waals surface area contributed by atoms with Crippen molar-refractivity contribution in [3.8, 4) is 0 Å². The fraction of sp³-hybridized carbons (Fsp3) is 1.00. The Kier molecular flexibility index (Phi) is 5.70. The lowest BCUT2D eigenvalue weighted by Gasteiger charge is -2.62. The van der Waals surface area contributed by atoms with Crippen molar-refractivity contribution in [1.82, 2.24) is 0 Å². The van der Waals surface area contributed by atoms with Crippen LogP contribution in [0.3, 0.4) is 0 Å². The Morgan fingerprint density at radius 2 is 1.59 bits per heavy atom. The summed E-state index contributed by atoms with van der Waals surface area (Å²) >= 11 is 0. The fourth-order valence-corrected chi connectivity index (χ4v) is 8.96. The van der Waals surface area contributed by atoms with E-state index in [-0.39, 0.29) is 12.2 Å². The minimum atomic E-state index is -0.570. The molecule has 0 aromatic carbocycles. The first kappa shape index (κ1) is 22.1. The Morgan fingerprint density at radius 3 is 2.28 bits per heavy atom. The lowest BCUT2D eigenvalue weighted by Crippen LogP contribution is -2.58. The van der Waals surface area contributed by atoms with Crippen LogP contribution in [0.15, 0.2) is 0 Å². The average Bonchev–Trinajstić information content (AvgIpc) is 2.98. The van der Waals surface area contributed by atoms with Crippen LogP contribution in [-0.2, 0) is 0 Å². The topological polar surface area (TPSA) is 60.7 Å². The van der Waals surface area contributed by atoms with E-state index in [0.717, 1.165) is 44.4 Å². The van der Waals surface area contributed by atoms with Gasteiger partial charge in [-0.3, -0.25) is 0 Å². The predicted octanol–water partition coefficient (Wildman–Crippen LogP) is 5.16. The molecule has 0 bridgehead atoms. The molecule has 3 N–H and O–H groups in total. The third kappa shape index (κ3) is 3.72. The number of rotatable bonds is 4. The predicted molar refractivity (Wildman–Crippen MR) is 117 cm³/mol. The van der Waals surface area contributed by atoms with Crippen molar-refractivity contribution in [3.63, 3.8) is 0 Å². The summed E-state index contributed by atoms with van der Waals surface area (Å²) in [5.41, 5.74) is 0.0904. The van der Waals surface area contributed by atoms with Gasteiger partial charge in [0.05, 0.1) is 17.8 Å². The Morgan fingerprint density at radius 1 is 0.931 bits per heavy atom. The SMILES string of the molecule is C[C@H](CCC(C)(C)O)[C@H]1CC[C@H]2C3[C@H](O)C[C@@H]4C[C@H](O)CC[C@]4(C)[C@H]3CC[C@]12C. The van der Waals surface area contributed by atoms with Gasteiger partial charge in [0.15, 0.2) is 0 Å². The van der Waals surface area contributed by atoms with Crippen LogP contribution in [0.5, 0.6) is 0 Å². The van der Waals surface area contributed by atoms with Gasteiger partial charge in [-0.1, -0.05) is 20.8 Å². The quantitative estimate of drug-likeness (QED) is 0.604. The van der Waals surface area contributed by atoms with E-state index in [1.54, 1.807) is 0 Å². The molecule has 168 valence electrons. The molecule has 4 aliphatic carbocycles. The number of aliphatic hydroxyl groups excluding tert-OH is 2. The van der Waals surface area contributed by atoms with E-state index >= 15 is 0 Å². The molecule has 1 unspecified atom stereocenters. The molecule has 0 aromatic rings. The van der Waals surface area contributed by atoms with Gasteiger partial charge >= 0.3 is 0 Å². The summed E-state index contributed by atoms with van der Waals surface area (Å²) in [6.07, 6.45) is 10.7. The highest BCUT2D eigenvalue weighted by Crippen LogP contribution is 2.68. The third-order valence-electron chi connectivity index (χ3n) is 10.6. The Bertz CT molecular complexity index is 597. The van der Waals surface area contributed by atoms with E-state index < -0.39 is 5.60 Å². The Labute approximate surface area is 178 Å². The molecule has 4 fully saturated rings. The largest absolute Gasteiger partial charge is 0.393 e. The minimum absolute atomic E-state index is 0.154. The van der Waals surface area contributed by atoms with Gasteiger partial charge in [-0.15, -0.1) is 0 Å². The molecule has 4 saturated carbocycles. The van der Waals surface area contributed by atoms with Crippen molar-refractivity contribution in [2.45, 2.75) is 117 Å². The van der Waals surface area contributed by atoms with Crippen molar-refractivity contribution in [1.29, 1.82) is 0 Å². The molecule has 0 aliphatic heterocycles. The highest BCUT2D eigenvalue weighted by molar-refractivity contribution is 5.11. The second-order valence-corrected chi connectivity index (χ2v) is 12.8. The monoisotopic (exact) mass is 406 g/mol. The van der Waals surface area contributed by atoms with Gasteiger partial charge in [-0.05, 0) is 124 Å². The van der Waals surface area contributed by atoms with Crippen molar-refractivity contribution in [3.05, 3.63) is 0 Å². The number of aliphatic hydroxyl groups is 3. The van der Waals surface area contributed by atoms with Crippen molar-refractivity contribution in [2.24, 2.45) is 46.3 Å². The highest BCUT2D eigenvalue weighted by Gasteiger charge is 2.62. The first-order valence-electron chi connectivity index (χ1n) is 12.5. The summed E-state index contributed by atoms with van der Waals surface area (Å²) in [4.78, 5) is 0. The summed E-state index contributed by atoms with van der Waals surface area (Å²) < 4.78 is 0. The Hall–Kier alpha value is -0.120. The molecule has 4 rings (SSSR count). The zero-order valence-electron chi connectivity index (χ0n) is 19.5. The number of hydrogen-bond donors (Lipinski definition) is 3. The van der Waals surface area contributed by atoms with Crippen molar-refractivity contribution < 1.29 is 15.3 Å². The summed E-state index contributed by atoms with van der Waals surface area (Å²) in [7, 11) is 0. The van der Waals surface area contributed by atoms with Gasteiger partial charge < -0.3 is 15.3 Å². The van der Waals surface area contributed by atoms with Gasteiger partial charge in [-0.25, -0.2) is 0 Å². The van der Waals surface area contributed by atoms with Crippen LogP contribution in [0.4, 0.5) is 0 Å². The normalized spacial score (nSPS) is 51.1. The van der Waals surface area contributed by atoms with Crippen LogP contribution in [0.1, 0.15) is 98.8 Å². The summed E-state index contributed by atoms with van der Waals surface area (Å²) in [6.45, 7) is 11.3. The van der Waals surface area contributed by atoms with Crippen LogP contribution in [0.25, 0.3) is 0 Å². The maximum atomic E-state index is 11.3. The summed E-state index contributed by atoms with van der Waals surface area (Å²) in [5.74, 6) is 3.60. The van der Waals surface area contributed by atoms with Gasteiger partial charge in [0.2, 0.25) is 0 Å². The molecule has 29 heavy (non-hydrogen) atoms. The lowest BCUT2D eigenvalue weighted by atomic mass is 9.43. The van der Waals surface area contributed by atoms with Crippen molar-refractivity contribution >= 4 is 0 Å². The maximum Gasteiger partial charge on any atom is 0.0591 e. The van der Waals surface area contributed by atoms with E-state index in [9.17, 15) is 15.3 Å². The molecule has 0 radical (unpaired) electrons. The third-order valence-corrected chi connectivity index (χ3v) is 10.6. The second-order valence-electron chi connectivity index (χ2n) is 12.8. The maximum absolute atomic E-state index is 11.3. The first-order chi connectivity index (χ1) is 13.5. The standard InChI is InChI=1S/C26H46O3/c1-16(8-11-24(2,3)29)19-6-7-20-23-21(10-13-26(19,20)5)25(4)12-9-18(27)14-17(25)15-22(23)28/h16-23,27-29H,6-15H2,1-5H3/t16-,17+,18-,19-,20+,21+,22-,23?,25+,26-/m1/s1. The molecule has 3 heteroatoms. The van der Waals surface area contributed by atoms with Crippen LogP contribution < -0.4 is 0 Å². The van der Waals surface area contributed by atoms with Gasteiger partial charge in [0, 0.05) is 0 Å². The lowest BCUT2D eigenvalue weighted by molar-refractivity contribution is -0.174. The Balaban J connectivity index is 1.53. The number of hydrogen-bond acceptors (Lipinski definition) is 3. The fourth-order valence-electron chi connectivity index (χ4n) is 8.96. The highest BCUT2D eigenvalue weighted by atomic mass is 16.3. The zero-order chi connectivity index (χ0) is 21.2. The van der Waals surface area contributed by atoms with Gasteiger partial charge in [0.1, 0.15) is 0 Å². The molecule has 0 aromatic heterocycles. The molecule has 3 nitrogen and oxygen atoms in total. The van der Waals surface area contributed by atoms with E-state index in [1.807, 2.05) is 13.8 Å². The van der Waals surface area contributed by atoms with E-state index in [4.69, 9.17) is 0 Å². The first-order valence-corrected chi connectivity index (χ1v) is 12.5. The summed E-state index contributed by atoms with van der Waals surface area (Å²) in [6, 6.07) is 0. The smallest absolute Gasteiger partial charge is 0.0591 e. The van der Waals surface area contributed by atoms with Crippen LogP contribution in [0.2, 0.25) is 0 Å². The summed E-state index contributed by atoms with van der Waals surface area (Å²) in [5, 5.41) is 31.8. The van der Waals surface area contributed by atoms with E-state index in [2.05, 4.69) is 20.8 Å². The van der Waals surface area contributed by atoms with Gasteiger partial charge in [0.25, 0.3) is 0 Å². The minimum Gasteiger partial charge on any atom is -0.393 e. The molecular weight excluding hydrogens is 360 g/mol. The molecule has 4 aliphatic rings. The van der Waals surface area contributed by atoms with E-state index in [0.29, 0.717) is 40.4 Å². The molecule has 0 heterocycles. The van der Waals surface area contributed by atoms with E-state index in [1.165, 1.54) is 25.7 Å². The average molecular weight is 407 g/mol. The van der Waals surface area contributed by atoms with Crippen LogP contribution in [-0.4, -0.2) is 33.1 Å². The molecule has 10 atom stereocenters. The van der Waals surface area contributed by atoms with Crippen LogP contribution >= 0.6 is 0 Å². The molecule has 0 saturated heterocycles. The molecule has 0 amide bonds. The van der Waals surface area contributed by atoms with Gasteiger partial charge in [-0.2, -0.15) is 0 Å². The van der Waals surface area contributed by atoms with Crippen molar-refractivity contribution in [2.75, 3.05) is 0 Å². The second kappa shape index (κ2) is 7.48. The number of fused-ring (bicyclic) bond motifs is 5. The van der Waals surface area contributed by atoms with Crippen LogP contribution in [0, 0.1) is 46.3 Å². The zero-order valence-corrected chi connectivity index (χ0v) is 19.5.